The molecule has 0 atom stereocenters. The normalized spacial score (nSPS) is 15.7. The van der Waals surface area contributed by atoms with Crippen LogP contribution in [0.4, 0.5) is 4.39 Å². The van der Waals surface area contributed by atoms with Gasteiger partial charge in [-0.25, -0.2) is 9.37 Å². The van der Waals surface area contributed by atoms with Crippen molar-refractivity contribution in [1.29, 1.82) is 0 Å². The summed E-state index contributed by atoms with van der Waals surface area (Å²) in [6.07, 6.45) is 0.304. The van der Waals surface area contributed by atoms with E-state index in [1.54, 1.807) is 12.1 Å². The molecule has 0 radical (unpaired) electrons. The molecule has 2 aliphatic heterocycles. The molecule has 3 aromatic rings. The van der Waals surface area contributed by atoms with E-state index in [0.717, 1.165) is 41.2 Å². The van der Waals surface area contributed by atoms with Crippen molar-refractivity contribution in [1.82, 2.24) is 14.8 Å². The van der Waals surface area contributed by atoms with Crippen LogP contribution < -0.4 is 9.47 Å². The molecule has 0 N–H and O–H groups in total. The van der Waals surface area contributed by atoms with Crippen LogP contribution in [0.15, 0.2) is 52.2 Å². The lowest BCUT2D eigenvalue weighted by atomic mass is 10.1. The predicted octanol–water partition coefficient (Wildman–Crippen LogP) is 4.19. The fourth-order valence-electron chi connectivity index (χ4n) is 3.91. The molecule has 0 unspecified atom stereocenters. The van der Waals surface area contributed by atoms with Crippen molar-refractivity contribution in [2.75, 3.05) is 33.0 Å². The second-order valence-corrected chi connectivity index (χ2v) is 10.1. The summed E-state index contributed by atoms with van der Waals surface area (Å²) in [5, 5.41) is 1.93. The predicted molar refractivity (Wildman–Crippen MR) is 126 cm³/mol. The number of carbonyl (C=O) groups excluding carboxylic acids is 1. The van der Waals surface area contributed by atoms with E-state index in [2.05, 4.69) is 16.0 Å². The summed E-state index contributed by atoms with van der Waals surface area (Å²) < 4.78 is 25.5. The summed E-state index contributed by atoms with van der Waals surface area (Å²) >= 11 is 3.00. The number of benzene rings is 2. The van der Waals surface area contributed by atoms with Crippen LogP contribution in [-0.4, -0.2) is 53.7 Å². The highest BCUT2D eigenvalue weighted by atomic mass is 32.2. The fourth-order valence-corrected chi connectivity index (χ4v) is 5.74. The van der Waals surface area contributed by atoms with Crippen molar-refractivity contribution >= 4 is 29.0 Å². The number of amides is 1. The van der Waals surface area contributed by atoms with Crippen LogP contribution in [0, 0.1) is 5.82 Å². The molecule has 2 aromatic carbocycles. The molecule has 0 saturated carbocycles. The number of carbonyl (C=O) groups is 1. The van der Waals surface area contributed by atoms with Gasteiger partial charge in [-0.1, -0.05) is 36.0 Å². The van der Waals surface area contributed by atoms with E-state index in [-0.39, 0.29) is 18.5 Å². The maximum Gasteiger partial charge on any atom is 0.231 e. The van der Waals surface area contributed by atoms with Gasteiger partial charge in [-0.15, -0.1) is 11.3 Å². The number of fused-ring (bicyclic) bond motifs is 1. The number of thiazole rings is 1. The Balaban J connectivity index is 1.08. The fraction of sp³-hybridized carbons (Fsp3) is 0.333. The van der Waals surface area contributed by atoms with Crippen LogP contribution in [-0.2, 0) is 23.5 Å². The Kier molecular flexibility index (Phi) is 6.80. The number of hydrogen-bond acceptors (Lipinski definition) is 7. The summed E-state index contributed by atoms with van der Waals surface area (Å²) in [6, 6.07) is 12.8. The molecule has 5 rings (SSSR count). The first-order valence-electron chi connectivity index (χ1n) is 10.8. The number of nitrogens with zero attached hydrogens (tertiary/aromatic N) is 3. The zero-order chi connectivity index (χ0) is 22.6. The molecule has 3 heterocycles. The van der Waals surface area contributed by atoms with Gasteiger partial charge in [0.15, 0.2) is 11.5 Å². The van der Waals surface area contributed by atoms with Crippen molar-refractivity contribution in [2.24, 2.45) is 0 Å². The van der Waals surface area contributed by atoms with E-state index in [4.69, 9.17) is 9.47 Å². The molecule has 1 saturated heterocycles. The van der Waals surface area contributed by atoms with Crippen LogP contribution >= 0.6 is 23.1 Å². The van der Waals surface area contributed by atoms with E-state index in [1.165, 1.54) is 34.7 Å². The Morgan fingerprint density at radius 3 is 2.76 bits per heavy atom. The number of halogens is 1. The Bertz CT molecular complexity index is 1130. The van der Waals surface area contributed by atoms with Crippen LogP contribution in [0.3, 0.4) is 0 Å². The second kappa shape index (κ2) is 10.1. The molecule has 33 heavy (non-hydrogen) atoms. The van der Waals surface area contributed by atoms with Gasteiger partial charge in [-0.3, -0.25) is 9.69 Å². The first-order valence-corrected chi connectivity index (χ1v) is 12.7. The van der Waals surface area contributed by atoms with E-state index in [9.17, 15) is 9.18 Å². The third kappa shape index (κ3) is 5.48. The van der Waals surface area contributed by atoms with Crippen LogP contribution in [0.5, 0.6) is 11.5 Å². The molecule has 172 valence electrons. The van der Waals surface area contributed by atoms with Crippen molar-refractivity contribution in [3.8, 4) is 11.5 Å². The van der Waals surface area contributed by atoms with Gasteiger partial charge in [0.05, 0.1) is 12.1 Å². The van der Waals surface area contributed by atoms with Gasteiger partial charge < -0.3 is 14.4 Å². The topological polar surface area (TPSA) is 54.9 Å². The summed E-state index contributed by atoms with van der Waals surface area (Å²) in [6.45, 7) is 4.20. The molecule has 1 amide bonds. The number of rotatable bonds is 7. The van der Waals surface area contributed by atoms with Crippen LogP contribution in [0.2, 0.25) is 0 Å². The highest BCUT2D eigenvalue weighted by Crippen LogP contribution is 2.33. The van der Waals surface area contributed by atoms with Crippen molar-refractivity contribution < 1.29 is 18.7 Å². The smallest absolute Gasteiger partial charge is 0.231 e. The van der Waals surface area contributed by atoms with Gasteiger partial charge in [0.2, 0.25) is 12.7 Å². The van der Waals surface area contributed by atoms with Gasteiger partial charge in [0.25, 0.3) is 0 Å². The van der Waals surface area contributed by atoms with E-state index >= 15 is 0 Å². The number of thioether (sulfide) groups is 1. The molecular weight excluding hydrogens is 461 g/mol. The number of aromatic nitrogens is 1. The third-order valence-electron chi connectivity index (χ3n) is 5.74. The third-order valence-corrected chi connectivity index (χ3v) is 7.86. The molecule has 2 aliphatic rings. The zero-order valence-corrected chi connectivity index (χ0v) is 19.7. The minimum atomic E-state index is -0.199. The highest BCUT2D eigenvalue weighted by Gasteiger charge is 2.23. The standard InChI is InChI=1S/C24H24FN3O3S2/c25-20-4-2-1-3-18(20)14-32-24-26-19(15-33-24)12-23(29)28-9-7-27(8-10-28)13-17-5-6-21-22(11-17)31-16-30-21/h1-6,11,15H,7-10,12-14,16H2. The zero-order valence-electron chi connectivity index (χ0n) is 18.0. The lowest BCUT2D eigenvalue weighted by Crippen LogP contribution is -2.48. The number of ether oxygens (including phenoxy) is 2. The van der Waals surface area contributed by atoms with E-state index < -0.39 is 0 Å². The summed E-state index contributed by atoms with van der Waals surface area (Å²) in [7, 11) is 0. The monoisotopic (exact) mass is 485 g/mol. The van der Waals surface area contributed by atoms with Gasteiger partial charge in [0, 0.05) is 43.9 Å². The Hall–Kier alpha value is -2.62. The molecule has 0 bridgehead atoms. The van der Waals surface area contributed by atoms with Gasteiger partial charge in [-0.05, 0) is 29.3 Å². The minimum absolute atomic E-state index is 0.105. The van der Waals surface area contributed by atoms with E-state index in [0.29, 0.717) is 30.8 Å². The van der Waals surface area contributed by atoms with Crippen molar-refractivity contribution in [3.63, 3.8) is 0 Å². The number of piperazine rings is 1. The minimum Gasteiger partial charge on any atom is -0.454 e. The van der Waals surface area contributed by atoms with Gasteiger partial charge in [-0.2, -0.15) is 0 Å². The van der Waals surface area contributed by atoms with Crippen LogP contribution in [0.25, 0.3) is 0 Å². The molecule has 1 aromatic heterocycles. The highest BCUT2D eigenvalue weighted by molar-refractivity contribution is 8.00. The van der Waals surface area contributed by atoms with Crippen molar-refractivity contribution in [2.45, 2.75) is 23.1 Å². The summed E-state index contributed by atoms with van der Waals surface area (Å²) in [5.41, 5.74) is 2.62. The first-order chi connectivity index (χ1) is 16.1. The van der Waals surface area contributed by atoms with Crippen molar-refractivity contribution in [3.05, 3.63) is 70.5 Å². The maximum atomic E-state index is 13.8. The Morgan fingerprint density at radius 2 is 1.91 bits per heavy atom. The summed E-state index contributed by atoms with van der Waals surface area (Å²) in [4.78, 5) is 21.6. The Morgan fingerprint density at radius 1 is 1.09 bits per heavy atom. The average molecular weight is 486 g/mol. The van der Waals surface area contributed by atoms with Gasteiger partial charge in [0.1, 0.15) is 10.2 Å². The maximum absolute atomic E-state index is 13.8. The van der Waals surface area contributed by atoms with Crippen LogP contribution in [0.1, 0.15) is 16.8 Å². The molecular formula is C24H24FN3O3S2. The molecule has 6 nitrogen and oxygen atoms in total. The van der Waals surface area contributed by atoms with E-state index in [1.807, 2.05) is 28.5 Å². The Labute approximate surface area is 200 Å². The first kappa shape index (κ1) is 22.2. The average Bonchev–Trinajstić information content (AvgIpc) is 3.48. The second-order valence-electron chi connectivity index (χ2n) is 8.01. The molecule has 0 spiro atoms. The van der Waals surface area contributed by atoms with Gasteiger partial charge >= 0.3 is 0 Å². The molecule has 1 fully saturated rings. The largest absolute Gasteiger partial charge is 0.454 e. The quantitative estimate of drug-likeness (QED) is 0.468. The lowest BCUT2D eigenvalue weighted by molar-refractivity contribution is -0.132. The molecule has 0 aliphatic carbocycles. The SMILES string of the molecule is O=C(Cc1csc(SCc2ccccc2F)n1)N1CCN(Cc2ccc3c(c2)OCO3)CC1. The molecule has 9 heteroatoms. The number of hydrogen-bond donors (Lipinski definition) is 0. The lowest BCUT2D eigenvalue weighted by Gasteiger charge is -2.34. The summed E-state index contributed by atoms with van der Waals surface area (Å²) in [5.74, 6) is 2.03.